The minimum atomic E-state index is -0.0595. The number of hydrogen-bond acceptors (Lipinski definition) is 3. The Morgan fingerprint density at radius 2 is 1.77 bits per heavy atom. The number of piperidine rings is 1. The van der Waals surface area contributed by atoms with E-state index in [9.17, 15) is 9.59 Å². The van der Waals surface area contributed by atoms with Gasteiger partial charge in [-0.25, -0.2) is 0 Å². The Balaban J connectivity index is 1.59. The summed E-state index contributed by atoms with van der Waals surface area (Å²) in [7, 11) is 1.58. The highest BCUT2D eigenvalue weighted by molar-refractivity contribution is 5.97. The predicted molar refractivity (Wildman–Crippen MR) is 101 cm³/mol. The number of nitrogens with one attached hydrogen (secondary N) is 1. The van der Waals surface area contributed by atoms with Crippen molar-refractivity contribution in [3.8, 4) is 5.75 Å². The zero-order valence-electron chi connectivity index (χ0n) is 15.2. The molecule has 0 saturated carbocycles. The largest absolute Gasteiger partial charge is 0.496 e. The maximum Gasteiger partial charge on any atom is 0.257 e. The van der Waals surface area contributed by atoms with Gasteiger partial charge in [0, 0.05) is 24.7 Å². The number of rotatable bonds is 4. The van der Waals surface area contributed by atoms with Crippen LogP contribution >= 0.6 is 0 Å². The average molecular weight is 352 g/mol. The van der Waals surface area contributed by atoms with E-state index in [-0.39, 0.29) is 17.9 Å². The van der Waals surface area contributed by atoms with Gasteiger partial charge in [0.2, 0.25) is 0 Å². The molecule has 2 aromatic carbocycles. The van der Waals surface area contributed by atoms with Crippen molar-refractivity contribution < 1.29 is 14.3 Å². The lowest BCUT2D eigenvalue weighted by Crippen LogP contribution is -2.46. The zero-order valence-corrected chi connectivity index (χ0v) is 15.2. The number of carbonyl (C=O) groups excluding carboxylic acids is 2. The molecule has 1 fully saturated rings. The van der Waals surface area contributed by atoms with Crippen molar-refractivity contribution in [1.29, 1.82) is 0 Å². The lowest BCUT2D eigenvalue weighted by Gasteiger charge is -2.32. The molecule has 5 heteroatoms. The van der Waals surface area contributed by atoms with Gasteiger partial charge in [-0.05, 0) is 44.0 Å². The number of methoxy groups -OCH3 is 1. The highest BCUT2D eigenvalue weighted by Crippen LogP contribution is 2.23. The SMILES string of the molecule is COc1ccc(C)cc1C(=O)N1CCC(NC(=O)c2ccccc2)CC1. The van der Waals surface area contributed by atoms with Gasteiger partial charge in [0.05, 0.1) is 12.7 Å². The minimum absolute atomic E-state index is 0.0154. The number of carbonyl (C=O) groups is 2. The summed E-state index contributed by atoms with van der Waals surface area (Å²) in [6.45, 7) is 3.20. The first kappa shape index (κ1) is 18.0. The maximum atomic E-state index is 12.8. The molecule has 26 heavy (non-hydrogen) atoms. The monoisotopic (exact) mass is 352 g/mol. The summed E-state index contributed by atoms with van der Waals surface area (Å²) in [5, 5.41) is 3.06. The second-order valence-corrected chi connectivity index (χ2v) is 6.61. The fraction of sp³-hybridized carbons (Fsp3) is 0.333. The fourth-order valence-corrected chi connectivity index (χ4v) is 3.24. The van der Waals surface area contributed by atoms with E-state index in [0.717, 1.165) is 18.4 Å². The van der Waals surface area contributed by atoms with Gasteiger partial charge in [-0.15, -0.1) is 0 Å². The van der Waals surface area contributed by atoms with Crippen LogP contribution in [0.5, 0.6) is 5.75 Å². The van der Waals surface area contributed by atoms with Crippen molar-refractivity contribution in [2.24, 2.45) is 0 Å². The number of ether oxygens (including phenoxy) is 1. The summed E-state index contributed by atoms with van der Waals surface area (Å²) in [4.78, 5) is 26.9. The summed E-state index contributed by atoms with van der Waals surface area (Å²) >= 11 is 0. The third-order valence-electron chi connectivity index (χ3n) is 4.74. The summed E-state index contributed by atoms with van der Waals surface area (Å²) in [6, 6.07) is 14.9. The molecule has 1 aliphatic rings. The Labute approximate surface area is 154 Å². The number of amides is 2. The van der Waals surface area contributed by atoms with Crippen LogP contribution in [-0.2, 0) is 0 Å². The van der Waals surface area contributed by atoms with Gasteiger partial charge in [0.1, 0.15) is 5.75 Å². The van der Waals surface area contributed by atoms with E-state index >= 15 is 0 Å². The molecule has 1 heterocycles. The minimum Gasteiger partial charge on any atom is -0.496 e. The van der Waals surface area contributed by atoms with E-state index in [1.54, 1.807) is 19.2 Å². The van der Waals surface area contributed by atoms with Crippen molar-refractivity contribution in [2.75, 3.05) is 20.2 Å². The van der Waals surface area contributed by atoms with E-state index in [2.05, 4.69) is 5.32 Å². The Hall–Kier alpha value is -2.82. The number of hydrogen-bond donors (Lipinski definition) is 1. The van der Waals surface area contributed by atoms with Gasteiger partial charge < -0.3 is 15.0 Å². The molecule has 0 aliphatic carbocycles. The van der Waals surface area contributed by atoms with Crippen LogP contribution in [0, 0.1) is 6.92 Å². The van der Waals surface area contributed by atoms with Gasteiger partial charge >= 0.3 is 0 Å². The Morgan fingerprint density at radius 1 is 1.08 bits per heavy atom. The molecule has 1 saturated heterocycles. The van der Waals surface area contributed by atoms with Crippen LogP contribution in [0.4, 0.5) is 0 Å². The topological polar surface area (TPSA) is 58.6 Å². The molecule has 0 aromatic heterocycles. The van der Waals surface area contributed by atoms with Crippen LogP contribution in [0.25, 0.3) is 0 Å². The smallest absolute Gasteiger partial charge is 0.257 e. The van der Waals surface area contributed by atoms with Crippen molar-refractivity contribution in [3.63, 3.8) is 0 Å². The normalized spacial score (nSPS) is 14.8. The molecule has 3 rings (SSSR count). The van der Waals surface area contributed by atoms with Crippen LogP contribution in [0.1, 0.15) is 39.1 Å². The molecule has 5 nitrogen and oxygen atoms in total. The van der Waals surface area contributed by atoms with E-state index in [4.69, 9.17) is 4.74 Å². The van der Waals surface area contributed by atoms with E-state index in [0.29, 0.717) is 30.0 Å². The molecule has 0 unspecified atom stereocenters. The molecular weight excluding hydrogens is 328 g/mol. The lowest BCUT2D eigenvalue weighted by atomic mass is 10.0. The second kappa shape index (κ2) is 8.04. The van der Waals surface area contributed by atoms with Gasteiger partial charge in [0.15, 0.2) is 0 Å². The van der Waals surface area contributed by atoms with Gasteiger partial charge in [-0.3, -0.25) is 9.59 Å². The standard InChI is InChI=1S/C21H24N2O3/c1-15-8-9-19(26-2)18(14-15)21(25)23-12-10-17(11-13-23)22-20(24)16-6-4-3-5-7-16/h3-9,14,17H,10-13H2,1-2H3,(H,22,24). The molecule has 1 N–H and O–H groups in total. The Bertz CT molecular complexity index is 781. The predicted octanol–water partition coefficient (Wildman–Crippen LogP) is 3.04. The molecule has 0 spiro atoms. The van der Waals surface area contributed by atoms with E-state index in [1.807, 2.05) is 48.2 Å². The summed E-state index contributed by atoms with van der Waals surface area (Å²) in [5.41, 5.74) is 2.29. The van der Waals surface area contributed by atoms with Gasteiger partial charge in [-0.1, -0.05) is 29.8 Å². The molecule has 1 aliphatic heterocycles. The molecule has 0 bridgehead atoms. The summed E-state index contributed by atoms with van der Waals surface area (Å²) < 4.78 is 5.33. The number of nitrogens with zero attached hydrogens (tertiary/aromatic N) is 1. The second-order valence-electron chi connectivity index (χ2n) is 6.61. The van der Waals surface area contributed by atoms with Crippen LogP contribution in [0.2, 0.25) is 0 Å². The van der Waals surface area contributed by atoms with Crippen LogP contribution in [-0.4, -0.2) is 43.0 Å². The van der Waals surface area contributed by atoms with Crippen LogP contribution in [0.3, 0.4) is 0 Å². The highest BCUT2D eigenvalue weighted by Gasteiger charge is 2.26. The van der Waals surface area contributed by atoms with Gasteiger partial charge in [0.25, 0.3) is 11.8 Å². The molecular formula is C21H24N2O3. The fourth-order valence-electron chi connectivity index (χ4n) is 3.24. The molecule has 136 valence electrons. The van der Waals surface area contributed by atoms with E-state index in [1.165, 1.54) is 0 Å². The van der Waals surface area contributed by atoms with Gasteiger partial charge in [-0.2, -0.15) is 0 Å². The third-order valence-corrected chi connectivity index (χ3v) is 4.74. The first-order chi connectivity index (χ1) is 12.6. The van der Waals surface area contributed by atoms with Crippen molar-refractivity contribution in [1.82, 2.24) is 10.2 Å². The zero-order chi connectivity index (χ0) is 18.5. The first-order valence-corrected chi connectivity index (χ1v) is 8.88. The van der Waals surface area contributed by atoms with Crippen LogP contribution < -0.4 is 10.1 Å². The maximum absolute atomic E-state index is 12.8. The van der Waals surface area contributed by atoms with Crippen molar-refractivity contribution >= 4 is 11.8 Å². The van der Waals surface area contributed by atoms with E-state index < -0.39 is 0 Å². The number of aryl methyl sites for hydroxylation is 1. The molecule has 2 amide bonds. The summed E-state index contributed by atoms with van der Waals surface area (Å²) in [5.74, 6) is 0.522. The van der Waals surface area contributed by atoms with Crippen LogP contribution in [0.15, 0.2) is 48.5 Å². The highest BCUT2D eigenvalue weighted by atomic mass is 16.5. The Kier molecular flexibility index (Phi) is 5.56. The molecule has 2 aromatic rings. The average Bonchev–Trinajstić information content (AvgIpc) is 2.68. The Morgan fingerprint density at radius 3 is 2.42 bits per heavy atom. The quantitative estimate of drug-likeness (QED) is 0.920. The summed E-state index contributed by atoms with van der Waals surface area (Å²) in [6.07, 6.45) is 1.50. The lowest BCUT2D eigenvalue weighted by molar-refractivity contribution is 0.0695. The third kappa shape index (κ3) is 4.04. The van der Waals surface area contributed by atoms with Crippen molar-refractivity contribution in [2.45, 2.75) is 25.8 Å². The molecule has 0 radical (unpaired) electrons. The first-order valence-electron chi connectivity index (χ1n) is 8.88. The number of likely N-dealkylation sites (tertiary alicyclic amines) is 1. The molecule has 0 atom stereocenters. The number of benzene rings is 2. The van der Waals surface area contributed by atoms with Crippen molar-refractivity contribution in [3.05, 3.63) is 65.2 Å².